The van der Waals surface area contributed by atoms with Crippen LogP contribution < -0.4 is 10.1 Å². The molecule has 294 valence electrons. The van der Waals surface area contributed by atoms with Crippen LogP contribution in [0.2, 0.25) is 5.02 Å². The third-order valence-electron chi connectivity index (χ3n) is 8.73. The van der Waals surface area contributed by atoms with Gasteiger partial charge in [-0.15, -0.1) is 0 Å². The van der Waals surface area contributed by atoms with Gasteiger partial charge in [0, 0.05) is 52.2 Å². The van der Waals surface area contributed by atoms with E-state index in [9.17, 15) is 24.0 Å². The highest BCUT2D eigenvalue weighted by Crippen LogP contribution is 2.19. The minimum Gasteiger partial charge on any atom is -0.494 e. The third kappa shape index (κ3) is 16.5. The summed E-state index contributed by atoms with van der Waals surface area (Å²) in [6, 6.07) is 14.1. The van der Waals surface area contributed by atoms with Gasteiger partial charge in [-0.25, -0.2) is 4.79 Å². The summed E-state index contributed by atoms with van der Waals surface area (Å²) in [5.74, 6) is -4.59. The van der Waals surface area contributed by atoms with Gasteiger partial charge in [-0.05, 0) is 56.1 Å². The van der Waals surface area contributed by atoms with E-state index in [4.69, 9.17) is 36.8 Å². The van der Waals surface area contributed by atoms with Crippen molar-refractivity contribution in [2.24, 2.45) is 0 Å². The Morgan fingerprint density at radius 3 is 1.94 bits per heavy atom. The molecule has 5 N–H and O–H groups in total. The predicted octanol–water partition coefficient (Wildman–Crippen LogP) is 3.88. The molecule has 2 aromatic rings. The van der Waals surface area contributed by atoms with Crippen LogP contribution in [0.15, 0.2) is 48.5 Å². The Labute approximate surface area is 316 Å². The van der Waals surface area contributed by atoms with E-state index >= 15 is 0 Å². The number of nitrogens with zero attached hydrogens (tertiary/aromatic N) is 3. The summed E-state index contributed by atoms with van der Waals surface area (Å²) in [5, 5.41) is 37.2. The van der Waals surface area contributed by atoms with Gasteiger partial charge < -0.3 is 45.2 Å². The van der Waals surface area contributed by atoms with Crippen molar-refractivity contribution in [2.75, 3.05) is 59.5 Å². The topological polar surface area (TPSA) is 197 Å². The highest BCUT2D eigenvalue weighted by atomic mass is 35.5. The number of halogens is 1. The van der Waals surface area contributed by atoms with Gasteiger partial charge in [0.15, 0.2) is 5.60 Å². The molecule has 1 fully saturated rings. The molecule has 53 heavy (non-hydrogen) atoms. The number of hydrogen-bond acceptors (Lipinski definition) is 9. The van der Waals surface area contributed by atoms with E-state index in [1.54, 1.807) is 24.3 Å². The van der Waals surface area contributed by atoms with Crippen molar-refractivity contribution in [2.45, 2.75) is 76.9 Å². The third-order valence-corrected chi connectivity index (χ3v) is 9.06. The first-order valence-electron chi connectivity index (χ1n) is 18.0. The van der Waals surface area contributed by atoms with E-state index in [1.165, 1.54) is 0 Å². The zero-order valence-corrected chi connectivity index (χ0v) is 31.7. The summed E-state index contributed by atoms with van der Waals surface area (Å²) in [6.07, 6.45) is 2.97. The molecule has 1 saturated heterocycles. The van der Waals surface area contributed by atoms with Gasteiger partial charge in [0.2, 0.25) is 5.91 Å². The summed E-state index contributed by atoms with van der Waals surface area (Å²) < 4.78 is 5.99. The molecule has 2 aromatic carbocycles. The van der Waals surface area contributed by atoms with Crippen LogP contribution >= 0.6 is 11.6 Å². The van der Waals surface area contributed by atoms with Crippen molar-refractivity contribution >= 4 is 41.3 Å². The van der Waals surface area contributed by atoms with Crippen LogP contribution in [0.5, 0.6) is 5.75 Å². The normalized spacial score (nSPS) is 14.0. The first-order valence-corrected chi connectivity index (χ1v) is 18.4. The Hall–Kier alpha value is -4.24. The van der Waals surface area contributed by atoms with E-state index in [1.807, 2.05) is 29.2 Å². The van der Waals surface area contributed by atoms with Crippen molar-refractivity contribution < 1.29 is 49.1 Å². The number of carboxylic acid groups (broad SMARTS) is 3. The molecule has 14 nitrogen and oxygen atoms in total. The van der Waals surface area contributed by atoms with E-state index in [0.29, 0.717) is 36.7 Å². The summed E-state index contributed by atoms with van der Waals surface area (Å²) in [7, 11) is 2.17. The second kappa shape index (κ2) is 23.4. The molecule has 1 aliphatic heterocycles. The van der Waals surface area contributed by atoms with Crippen LogP contribution in [0, 0.1) is 0 Å². The molecule has 1 heterocycles. The number of rotatable bonds is 21. The fourth-order valence-corrected chi connectivity index (χ4v) is 5.77. The highest BCUT2D eigenvalue weighted by Gasteiger charge is 2.40. The first kappa shape index (κ1) is 44.9. The largest absolute Gasteiger partial charge is 0.494 e. The maximum atomic E-state index is 13.7. The highest BCUT2D eigenvalue weighted by molar-refractivity contribution is 6.33. The molecule has 1 atom stereocenters. The number of unbranched alkanes of at least 4 members (excludes halogenated alkanes) is 2. The zero-order valence-electron chi connectivity index (χ0n) is 31.0. The maximum absolute atomic E-state index is 13.7. The molecule has 0 radical (unpaired) electrons. The van der Waals surface area contributed by atoms with Crippen LogP contribution in [-0.2, 0) is 25.6 Å². The van der Waals surface area contributed by atoms with Crippen molar-refractivity contribution in [3.63, 3.8) is 0 Å². The lowest BCUT2D eigenvalue weighted by Crippen LogP contribution is -2.50. The Balaban J connectivity index is 0.000000636. The average molecular weight is 763 g/mol. The summed E-state index contributed by atoms with van der Waals surface area (Å²) in [6.45, 7) is 11.8. The molecule has 1 aliphatic rings. The van der Waals surface area contributed by atoms with Crippen molar-refractivity contribution in [1.82, 2.24) is 20.0 Å². The number of carboxylic acids is 3. The van der Waals surface area contributed by atoms with Crippen LogP contribution in [0.4, 0.5) is 0 Å². The second-order valence-corrected chi connectivity index (χ2v) is 13.6. The smallest absolute Gasteiger partial charge is 0.336 e. The lowest BCUT2D eigenvalue weighted by atomic mass is 9.96. The summed E-state index contributed by atoms with van der Waals surface area (Å²) in [4.78, 5) is 64.2. The number of benzene rings is 2. The van der Waals surface area contributed by atoms with Gasteiger partial charge in [-0.2, -0.15) is 0 Å². The average Bonchev–Trinajstić information content (AvgIpc) is 3.10. The Bertz CT molecular complexity index is 1440. The fraction of sp³-hybridized carbons (Fsp3) is 0.553. The number of ether oxygens (including phenoxy) is 1. The summed E-state index contributed by atoms with van der Waals surface area (Å²) >= 11 is 6.29. The van der Waals surface area contributed by atoms with Crippen LogP contribution in [0.3, 0.4) is 0 Å². The van der Waals surface area contributed by atoms with Crippen molar-refractivity contribution in [1.29, 1.82) is 0 Å². The van der Waals surface area contributed by atoms with E-state index in [0.717, 1.165) is 76.1 Å². The molecule has 15 heteroatoms. The van der Waals surface area contributed by atoms with Gasteiger partial charge in [-0.3, -0.25) is 19.2 Å². The maximum Gasteiger partial charge on any atom is 0.336 e. The van der Waals surface area contributed by atoms with E-state index < -0.39 is 42.4 Å². The van der Waals surface area contributed by atoms with E-state index in [-0.39, 0.29) is 11.8 Å². The molecule has 0 aromatic heterocycles. The molecule has 0 aliphatic carbocycles. The quantitative estimate of drug-likeness (QED) is 0.115. The minimum absolute atomic E-state index is 0.0495. The molecule has 0 saturated carbocycles. The Kier molecular flexibility index (Phi) is 19.9. The van der Waals surface area contributed by atoms with Gasteiger partial charge in [0.25, 0.3) is 5.91 Å². The van der Waals surface area contributed by atoms with Crippen LogP contribution in [0.1, 0.15) is 74.7 Å². The van der Waals surface area contributed by atoms with Crippen LogP contribution in [0.25, 0.3) is 0 Å². The lowest BCUT2D eigenvalue weighted by Gasteiger charge is -2.32. The SMILES string of the molecule is CCCCN(CCCC)C(=O)C(Cc1ccc(OCCCN2CCN(C)CC2)cc1)NC(=O)c1ccccc1Cl.O=C(O)CC(O)(CC(=O)O)C(=O)O. The predicted molar refractivity (Wildman–Crippen MR) is 200 cm³/mol. The van der Waals surface area contributed by atoms with E-state index in [2.05, 4.69) is 36.0 Å². The first-order chi connectivity index (χ1) is 25.2. The molecule has 2 amide bonds. The molecule has 0 bridgehead atoms. The van der Waals surface area contributed by atoms with Crippen molar-refractivity contribution in [3.05, 3.63) is 64.7 Å². The number of carbonyl (C=O) groups is 5. The molecule has 0 spiro atoms. The monoisotopic (exact) mass is 762 g/mol. The number of aliphatic hydroxyl groups is 1. The van der Waals surface area contributed by atoms with Gasteiger partial charge >= 0.3 is 17.9 Å². The Morgan fingerprint density at radius 2 is 1.43 bits per heavy atom. The number of piperazine rings is 1. The number of hydrogen-bond donors (Lipinski definition) is 5. The molecule has 1 unspecified atom stereocenters. The summed E-state index contributed by atoms with van der Waals surface area (Å²) in [5.41, 5.74) is -1.40. The molecular weight excluding hydrogens is 708 g/mol. The molecule has 3 rings (SSSR count). The number of carbonyl (C=O) groups excluding carboxylic acids is 2. The number of amides is 2. The van der Waals surface area contributed by atoms with Gasteiger partial charge in [0.05, 0.1) is 30.0 Å². The number of aliphatic carboxylic acids is 3. The van der Waals surface area contributed by atoms with Gasteiger partial charge in [-0.1, -0.05) is 62.6 Å². The number of likely N-dealkylation sites (N-methyl/N-ethyl adjacent to an activating group) is 1. The number of nitrogens with one attached hydrogen (secondary N) is 1. The van der Waals surface area contributed by atoms with Crippen LogP contribution in [-0.4, -0.2) is 136 Å². The lowest BCUT2D eigenvalue weighted by molar-refractivity contribution is -0.170. The standard InChI is InChI=1S/C32H47ClN4O3.C6H8O7/c1-4-6-18-37(19-7-5-2)32(39)30(34-31(38)28-11-8-9-12-29(28)33)25-26-13-15-27(16-14-26)40-24-10-17-36-22-20-35(3)21-23-36;7-3(8)1-6(13,5(11)12)2-4(9)10/h8-9,11-16,30H,4-7,10,17-25H2,1-3H3,(H,34,38);13H,1-2H2,(H,7,8)(H,9,10)(H,11,12). The minimum atomic E-state index is -2.74. The Morgan fingerprint density at radius 1 is 0.868 bits per heavy atom. The van der Waals surface area contributed by atoms with Crippen molar-refractivity contribution in [3.8, 4) is 5.75 Å². The molecular formula is C38H55ClN4O10. The second-order valence-electron chi connectivity index (χ2n) is 13.2. The zero-order chi connectivity index (χ0) is 39.4. The van der Waals surface area contributed by atoms with Gasteiger partial charge in [0.1, 0.15) is 11.8 Å². The fourth-order valence-electron chi connectivity index (χ4n) is 5.55.